The molecule has 0 aromatic heterocycles. The van der Waals surface area contributed by atoms with Gasteiger partial charge in [-0.05, 0) is 17.7 Å². The number of nitro benzene ring substituents is 1. The molecule has 4 nitrogen and oxygen atoms in total. The Morgan fingerprint density at radius 2 is 2.06 bits per heavy atom. The molecule has 1 unspecified atom stereocenters. The Morgan fingerprint density at radius 3 is 2.59 bits per heavy atom. The minimum absolute atomic E-state index is 0.00849. The molecule has 94 valence electrons. The van der Waals surface area contributed by atoms with Crippen LogP contribution in [0.1, 0.15) is 13.8 Å². The Morgan fingerprint density at radius 1 is 1.41 bits per heavy atom. The summed E-state index contributed by atoms with van der Waals surface area (Å²) in [6.07, 6.45) is 0. The third-order valence-electron chi connectivity index (χ3n) is 2.69. The van der Waals surface area contributed by atoms with Crippen LogP contribution in [0.2, 0.25) is 0 Å². The topological polar surface area (TPSA) is 52.4 Å². The van der Waals surface area contributed by atoms with Crippen molar-refractivity contribution >= 4 is 18.3 Å². The molecule has 0 amide bonds. The van der Waals surface area contributed by atoms with E-state index >= 15 is 0 Å². The maximum atomic E-state index is 10.8. The summed E-state index contributed by atoms with van der Waals surface area (Å²) in [5.41, 5.74) is 0.00849. The largest absolute Gasteiger partial charge is 0.486 e. The van der Waals surface area contributed by atoms with Crippen LogP contribution in [0.3, 0.4) is 0 Å². The molecule has 1 aromatic rings. The summed E-state index contributed by atoms with van der Waals surface area (Å²) in [5, 5.41) is 10.8. The molecule has 1 atom stereocenters. The minimum Gasteiger partial charge on any atom is -0.486 e. The Kier molecular flexibility index (Phi) is 5.28. The molecule has 0 radical (unpaired) electrons. The second-order valence-corrected chi connectivity index (χ2v) is 4.59. The van der Waals surface area contributed by atoms with Gasteiger partial charge in [0.25, 0.3) is 0 Å². The molecule has 0 N–H and O–H groups in total. The van der Waals surface area contributed by atoms with E-state index in [1.165, 1.54) is 6.07 Å². The Hall–Kier alpha value is -1.23. The van der Waals surface area contributed by atoms with Crippen LogP contribution in [0.5, 0.6) is 5.75 Å². The first-order valence-electron chi connectivity index (χ1n) is 5.53. The van der Waals surface area contributed by atoms with Crippen molar-refractivity contribution in [3.8, 4) is 5.75 Å². The smallest absolute Gasteiger partial charge is 0.310 e. The lowest BCUT2D eigenvalue weighted by Crippen LogP contribution is -2.19. The van der Waals surface area contributed by atoms with Crippen LogP contribution in [0, 0.1) is 22.0 Å². The van der Waals surface area contributed by atoms with Crippen molar-refractivity contribution in [1.82, 2.24) is 0 Å². The number of rotatable bonds is 6. The number of para-hydroxylation sites is 2. The van der Waals surface area contributed by atoms with Gasteiger partial charge in [-0.3, -0.25) is 10.1 Å². The second-order valence-electron chi connectivity index (χ2n) is 4.22. The highest BCUT2D eigenvalue weighted by Gasteiger charge is 2.17. The van der Waals surface area contributed by atoms with Crippen LogP contribution >= 0.6 is 12.6 Å². The number of hydrogen-bond acceptors (Lipinski definition) is 4. The molecule has 17 heavy (non-hydrogen) atoms. The van der Waals surface area contributed by atoms with Crippen molar-refractivity contribution in [2.75, 3.05) is 12.4 Å². The molecule has 0 fully saturated rings. The lowest BCUT2D eigenvalue weighted by molar-refractivity contribution is -0.385. The first-order valence-corrected chi connectivity index (χ1v) is 6.16. The molecule has 0 aliphatic heterocycles. The highest BCUT2D eigenvalue weighted by Crippen LogP contribution is 2.27. The summed E-state index contributed by atoms with van der Waals surface area (Å²) in [5.74, 6) is 1.76. The zero-order chi connectivity index (χ0) is 12.8. The number of thiol groups is 1. The van der Waals surface area contributed by atoms with Crippen LogP contribution in [-0.4, -0.2) is 17.3 Å². The van der Waals surface area contributed by atoms with E-state index in [-0.39, 0.29) is 11.6 Å². The molecule has 1 aromatic carbocycles. The van der Waals surface area contributed by atoms with Crippen molar-refractivity contribution in [3.63, 3.8) is 0 Å². The van der Waals surface area contributed by atoms with Crippen LogP contribution in [0.25, 0.3) is 0 Å². The van der Waals surface area contributed by atoms with Gasteiger partial charge in [0.2, 0.25) is 0 Å². The zero-order valence-electron chi connectivity index (χ0n) is 10.00. The van der Waals surface area contributed by atoms with Crippen molar-refractivity contribution in [3.05, 3.63) is 34.4 Å². The Balaban J connectivity index is 2.72. The van der Waals surface area contributed by atoms with E-state index in [2.05, 4.69) is 26.5 Å². The van der Waals surface area contributed by atoms with E-state index in [9.17, 15) is 10.1 Å². The summed E-state index contributed by atoms with van der Waals surface area (Å²) in [4.78, 5) is 10.4. The summed E-state index contributed by atoms with van der Waals surface area (Å²) < 4.78 is 5.52. The minimum atomic E-state index is -0.430. The second kappa shape index (κ2) is 6.49. The number of nitrogens with zero attached hydrogens (tertiary/aromatic N) is 1. The monoisotopic (exact) mass is 255 g/mol. The zero-order valence-corrected chi connectivity index (χ0v) is 10.9. The van der Waals surface area contributed by atoms with Gasteiger partial charge in [0.1, 0.15) is 0 Å². The molecule has 0 aliphatic rings. The molecule has 1 rings (SSSR count). The Labute approximate surface area is 107 Å². The highest BCUT2D eigenvalue weighted by atomic mass is 32.1. The third-order valence-corrected chi connectivity index (χ3v) is 3.16. The molecule has 5 heteroatoms. The van der Waals surface area contributed by atoms with Gasteiger partial charge in [0, 0.05) is 12.0 Å². The predicted molar refractivity (Wildman–Crippen MR) is 70.8 cm³/mol. The van der Waals surface area contributed by atoms with Crippen molar-refractivity contribution in [1.29, 1.82) is 0 Å². The molecule has 0 spiro atoms. The van der Waals surface area contributed by atoms with Crippen molar-refractivity contribution in [2.45, 2.75) is 13.8 Å². The molecular formula is C12H17NO3S. The van der Waals surface area contributed by atoms with Gasteiger partial charge in [0.15, 0.2) is 5.75 Å². The Bertz CT molecular complexity index is 382. The molecular weight excluding hydrogens is 238 g/mol. The fourth-order valence-corrected chi connectivity index (χ4v) is 1.91. The van der Waals surface area contributed by atoms with E-state index in [1.807, 2.05) is 0 Å². The van der Waals surface area contributed by atoms with Gasteiger partial charge in [-0.15, -0.1) is 0 Å². The molecule has 0 saturated carbocycles. The summed E-state index contributed by atoms with van der Waals surface area (Å²) in [6.45, 7) is 4.62. The summed E-state index contributed by atoms with van der Waals surface area (Å²) in [7, 11) is 0. The molecule has 0 bridgehead atoms. The van der Waals surface area contributed by atoms with Crippen LogP contribution in [0.15, 0.2) is 24.3 Å². The van der Waals surface area contributed by atoms with Crippen LogP contribution in [0.4, 0.5) is 5.69 Å². The maximum absolute atomic E-state index is 10.8. The van der Waals surface area contributed by atoms with Crippen molar-refractivity contribution in [2.24, 2.45) is 11.8 Å². The lowest BCUT2D eigenvalue weighted by atomic mass is 9.99. The number of hydrogen-bond donors (Lipinski definition) is 1. The van der Waals surface area contributed by atoms with Gasteiger partial charge in [-0.25, -0.2) is 0 Å². The molecule has 0 saturated heterocycles. The SMILES string of the molecule is CC(C)C(CS)COc1ccccc1[N+](=O)[O-]. The van der Waals surface area contributed by atoms with Crippen LogP contribution in [-0.2, 0) is 0 Å². The average Bonchev–Trinajstić information content (AvgIpc) is 2.29. The lowest BCUT2D eigenvalue weighted by Gasteiger charge is -2.18. The van der Waals surface area contributed by atoms with Gasteiger partial charge < -0.3 is 4.74 Å². The third kappa shape index (κ3) is 3.93. The molecule has 0 heterocycles. The normalized spacial score (nSPS) is 12.5. The number of benzene rings is 1. The first-order chi connectivity index (χ1) is 8.06. The number of ether oxygens (including phenoxy) is 1. The summed E-state index contributed by atoms with van der Waals surface area (Å²) >= 11 is 4.25. The summed E-state index contributed by atoms with van der Waals surface area (Å²) in [6, 6.07) is 6.42. The quantitative estimate of drug-likeness (QED) is 0.482. The standard InChI is InChI=1S/C12H17NO3S/c1-9(2)10(8-17)7-16-12-6-4-3-5-11(12)13(14)15/h3-6,9-10,17H,7-8H2,1-2H3. The van der Waals surface area contributed by atoms with Crippen LogP contribution < -0.4 is 4.74 Å². The number of nitro groups is 1. The molecule has 0 aliphatic carbocycles. The highest BCUT2D eigenvalue weighted by molar-refractivity contribution is 7.80. The van der Waals surface area contributed by atoms with Gasteiger partial charge in [-0.2, -0.15) is 12.6 Å². The maximum Gasteiger partial charge on any atom is 0.310 e. The predicted octanol–water partition coefficient (Wildman–Crippen LogP) is 3.18. The van der Waals surface area contributed by atoms with Gasteiger partial charge >= 0.3 is 5.69 Å². The fraction of sp³-hybridized carbons (Fsp3) is 0.500. The van der Waals surface area contributed by atoms with E-state index in [0.29, 0.717) is 24.0 Å². The van der Waals surface area contributed by atoms with Crippen molar-refractivity contribution < 1.29 is 9.66 Å². The first kappa shape index (κ1) is 13.8. The van der Waals surface area contributed by atoms with E-state index < -0.39 is 4.92 Å². The van der Waals surface area contributed by atoms with E-state index in [0.717, 1.165) is 0 Å². The van der Waals surface area contributed by atoms with E-state index in [1.54, 1.807) is 18.2 Å². The van der Waals surface area contributed by atoms with Gasteiger partial charge in [-0.1, -0.05) is 26.0 Å². The average molecular weight is 255 g/mol. The van der Waals surface area contributed by atoms with Gasteiger partial charge in [0.05, 0.1) is 11.5 Å². The van der Waals surface area contributed by atoms with E-state index in [4.69, 9.17) is 4.74 Å². The fourth-order valence-electron chi connectivity index (χ4n) is 1.38.